The Labute approximate surface area is 193 Å². The first-order valence-electron chi connectivity index (χ1n) is 9.89. The number of hydrogen-bond acceptors (Lipinski definition) is 3. The molecular formula is C23H20ClF3N4O2. The predicted octanol–water partition coefficient (Wildman–Crippen LogP) is 6.18. The second kappa shape index (κ2) is 8.15. The summed E-state index contributed by atoms with van der Waals surface area (Å²) in [6, 6.07) is 10.5. The van der Waals surface area contributed by atoms with Gasteiger partial charge in [0.15, 0.2) is 5.82 Å². The van der Waals surface area contributed by atoms with Gasteiger partial charge in [-0.05, 0) is 36.8 Å². The maximum absolute atomic E-state index is 13.4. The van der Waals surface area contributed by atoms with E-state index in [0.717, 1.165) is 11.6 Å². The van der Waals surface area contributed by atoms with E-state index in [1.807, 2.05) is 12.1 Å². The quantitative estimate of drug-likeness (QED) is 0.452. The lowest BCUT2D eigenvalue weighted by atomic mass is 10.1. The predicted molar refractivity (Wildman–Crippen MR) is 120 cm³/mol. The molecule has 1 aliphatic rings. The summed E-state index contributed by atoms with van der Waals surface area (Å²) in [4.78, 5) is 19.7. The van der Waals surface area contributed by atoms with Crippen molar-refractivity contribution in [1.29, 1.82) is 0 Å². The molecule has 0 unspecified atom stereocenters. The third kappa shape index (κ3) is 4.04. The number of carbonyl (C=O) groups excluding carboxylic acids is 1. The Hall–Kier alpha value is -3.46. The molecule has 4 rings (SSSR count). The highest BCUT2D eigenvalue weighted by Gasteiger charge is 2.36. The SMILES string of the molecule is C=C1c2c(nc(Oc3cccc(C(F)(F)F)c3C)n2Cc2ccc(Cl)cc2)N(C)C(=O)N1C. The zero-order valence-corrected chi connectivity index (χ0v) is 18.8. The standard InChI is InChI=1S/C23H20ClF3N4O2/c1-13-17(23(25,26)27)6-5-7-18(13)33-21-28-20-19(14(2)29(3)22(32)30(20)4)31(21)12-15-8-10-16(24)11-9-15/h5-11H,2,12H2,1,3-4H3. The zero-order chi connectivity index (χ0) is 24.1. The molecule has 0 spiro atoms. The van der Waals surface area contributed by atoms with Crippen LogP contribution in [0.2, 0.25) is 5.02 Å². The molecule has 3 aromatic rings. The normalized spacial score (nSPS) is 14.0. The van der Waals surface area contributed by atoms with Gasteiger partial charge in [0, 0.05) is 24.7 Å². The Morgan fingerprint density at radius 2 is 1.76 bits per heavy atom. The van der Waals surface area contributed by atoms with E-state index in [9.17, 15) is 18.0 Å². The summed E-state index contributed by atoms with van der Waals surface area (Å²) in [7, 11) is 3.14. The minimum absolute atomic E-state index is 0.0116. The summed E-state index contributed by atoms with van der Waals surface area (Å²) in [5, 5.41) is 0.567. The maximum Gasteiger partial charge on any atom is 0.416 e. The first-order chi connectivity index (χ1) is 15.5. The van der Waals surface area contributed by atoms with Crippen molar-refractivity contribution < 1.29 is 22.7 Å². The highest BCUT2D eigenvalue weighted by molar-refractivity contribution is 6.30. The summed E-state index contributed by atoms with van der Waals surface area (Å²) < 4.78 is 47.8. The maximum atomic E-state index is 13.4. The van der Waals surface area contributed by atoms with Gasteiger partial charge in [-0.25, -0.2) is 4.79 Å². The minimum atomic E-state index is -4.52. The fraction of sp³-hybridized carbons (Fsp3) is 0.217. The molecule has 0 fully saturated rings. The number of benzene rings is 2. The Morgan fingerprint density at radius 3 is 2.39 bits per heavy atom. The van der Waals surface area contributed by atoms with Crippen LogP contribution in [0.1, 0.15) is 22.4 Å². The summed E-state index contributed by atoms with van der Waals surface area (Å²) in [5.41, 5.74) is 0.904. The molecular weight excluding hydrogens is 457 g/mol. The number of rotatable bonds is 4. The molecule has 0 radical (unpaired) electrons. The summed E-state index contributed by atoms with van der Waals surface area (Å²) >= 11 is 5.99. The van der Waals surface area contributed by atoms with Gasteiger partial charge < -0.3 is 4.74 Å². The third-order valence-electron chi connectivity index (χ3n) is 5.53. The molecule has 0 saturated heterocycles. The number of alkyl halides is 3. The lowest BCUT2D eigenvalue weighted by Crippen LogP contribution is -2.42. The molecule has 172 valence electrons. The topological polar surface area (TPSA) is 50.6 Å². The molecule has 0 bridgehead atoms. The number of amides is 2. The smallest absolute Gasteiger partial charge is 0.416 e. The Balaban J connectivity index is 1.85. The number of nitrogens with zero attached hydrogens (tertiary/aromatic N) is 4. The van der Waals surface area contributed by atoms with Crippen LogP contribution in [0, 0.1) is 6.92 Å². The molecule has 0 aliphatic carbocycles. The molecule has 0 N–H and O–H groups in total. The molecule has 2 aromatic carbocycles. The van der Waals surface area contributed by atoms with Crippen molar-refractivity contribution in [2.75, 3.05) is 19.0 Å². The van der Waals surface area contributed by atoms with Crippen LogP contribution in [0.15, 0.2) is 49.0 Å². The van der Waals surface area contributed by atoms with Crippen molar-refractivity contribution in [2.45, 2.75) is 19.6 Å². The van der Waals surface area contributed by atoms with Gasteiger partial charge in [-0.3, -0.25) is 14.4 Å². The molecule has 0 saturated carbocycles. The summed E-state index contributed by atoms with van der Waals surface area (Å²) in [6.07, 6.45) is -4.52. The van der Waals surface area contributed by atoms with Crippen molar-refractivity contribution >= 4 is 29.1 Å². The average Bonchev–Trinajstić information content (AvgIpc) is 3.11. The van der Waals surface area contributed by atoms with Crippen molar-refractivity contribution in [3.05, 3.63) is 76.5 Å². The lowest BCUT2D eigenvalue weighted by molar-refractivity contribution is -0.138. The molecule has 10 heteroatoms. The Bertz CT molecular complexity index is 1250. The molecule has 2 heterocycles. The van der Waals surface area contributed by atoms with Gasteiger partial charge in [0.25, 0.3) is 0 Å². The summed E-state index contributed by atoms with van der Waals surface area (Å²) in [6.45, 7) is 5.62. The van der Waals surface area contributed by atoms with Crippen LogP contribution in [0.3, 0.4) is 0 Å². The number of fused-ring (bicyclic) bond motifs is 1. The number of anilines is 1. The van der Waals surface area contributed by atoms with Crippen LogP contribution >= 0.6 is 11.6 Å². The largest absolute Gasteiger partial charge is 0.425 e. The number of aromatic nitrogens is 2. The van der Waals surface area contributed by atoms with Gasteiger partial charge >= 0.3 is 18.2 Å². The second-order valence-corrected chi connectivity index (χ2v) is 8.09. The summed E-state index contributed by atoms with van der Waals surface area (Å²) in [5.74, 6) is 0.314. The van der Waals surface area contributed by atoms with Crippen LogP contribution < -0.4 is 9.64 Å². The first-order valence-corrected chi connectivity index (χ1v) is 10.3. The van der Waals surface area contributed by atoms with E-state index < -0.39 is 11.7 Å². The van der Waals surface area contributed by atoms with Crippen LogP contribution in [-0.4, -0.2) is 34.6 Å². The van der Waals surface area contributed by atoms with E-state index in [0.29, 0.717) is 22.2 Å². The number of hydrogen-bond donors (Lipinski definition) is 0. The number of imidazole rings is 1. The van der Waals surface area contributed by atoms with Crippen LogP contribution in [0.4, 0.5) is 23.8 Å². The highest BCUT2D eigenvalue weighted by atomic mass is 35.5. The van der Waals surface area contributed by atoms with E-state index in [1.54, 1.807) is 30.8 Å². The number of carbonyl (C=O) groups is 1. The monoisotopic (exact) mass is 476 g/mol. The van der Waals surface area contributed by atoms with Crippen molar-refractivity contribution in [1.82, 2.24) is 14.5 Å². The molecule has 2 amide bonds. The van der Waals surface area contributed by atoms with E-state index >= 15 is 0 Å². The second-order valence-electron chi connectivity index (χ2n) is 7.66. The van der Waals surface area contributed by atoms with E-state index in [-0.39, 0.29) is 29.9 Å². The van der Waals surface area contributed by atoms with Gasteiger partial charge in [0.2, 0.25) is 0 Å². The first kappa shape index (κ1) is 22.7. The van der Waals surface area contributed by atoms with Crippen LogP contribution in [0.5, 0.6) is 11.8 Å². The van der Waals surface area contributed by atoms with Crippen LogP contribution in [0.25, 0.3) is 5.70 Å². The number of ether oxygens (including phenoxy) is 1. The number of urea groups is 1. The van der Waals surface area contributed by atoms with Crippen molar-refractivity contribution in [3.63, 3.8) is 0 Å². The zero-order valence-electron chi connectivity index (χ0n) is 18.1. The molecule has 6 nitrogen and oxygen atoms in total. The average molecular weight is 477 g/mol. The Morgan fingerprint density at radius 1 is 1.09 bits per heavy atom. The van der Waals surface area contributed by atoms with E-state index in [1.165, 1.54) is 28.9 Å². The van der Waals surface area contributed by atoms with Gasteiger partial charge in [-0.2, -0.15) is 18.2 Å². The van der Waals surface area contributed by atoms with E-state index in [4.69, 9.17) is 16.3 Å². The number of halogens is 4. The molecule has 1 aromatic heterocycles. The van der Waals surface area contributed by atoms with E-state index in [2.05, 4.69) is 11.6 Å². The van der Waals surface area contributed by atoms with Gasteiger partial charge in [-0.15, -0.1) is 0 Å². The Kier molecular flexibility index (Phi) is 5.61. The van der Waals surface area contributed by atoms with Gasteiger partial charge in [0.1, 0.15) is 11.4 Å². The molecule has 33 heavy (non-hydrogen) atoms. The highest BCUT2D eigenvalue weighted by Crippen LogP contribution is 2.40. The van der Waals surface area contributed by atoms with Gasteiger partial charge in [-0.1, -0.05) is 36.4 Å². The lowest BCUT2D eigenvalue weighted by Gasteiger charge is -2.31. The minimum Gasteiger partial charge on any atom is -0.425 e. The van der Waals surface area contributed by atoms with Crippen LogP contribution in [-0.2, 0) is 12.7 Å². The fourth-order valence-electron chi connectivity index (χ4n) is 3.66. The fourth-order valence-corrected chi connectivity index (χ4v) is 3.78. The third-order valence-corrected chi connectivity index (χ3v) is 5.78. The van der Waals surface area contributed by atoms with Crippen molar-refractivity contribution in [3.8, 4) is 11.8 Å². The molecule has 1 aliphatic heterocycles. The van der Waals surface area contributed by atoms with Crippen molar-refractivity contribution in [2.24, 2.45) is 0 Å². The molecule has 0 atom stereocenters. The van der Waals surface area contributed by atoms with Gasteiger partial charge in [0.05, 0.1) is 17.8 Å².